The van der Waals surface area contributed by atoms with Gasteiger partial charge in [-0.15, -0.1) is 23.1 Å². The zero-order chi connectivity index (χ0) is 17.6. The largest absolute Gasteiger partial charge is 0.339 e. The van der Waals surface area contributed by atoms with Crippen LogP contribution >= 0.6 is 34.9 Å². The van der Waals surface area contributed by atoms with Crippen LogP contribution in [0.25, 0.3) is 10.2 Å². The first-order valence-electron chi connectivity index (χ1n) is 8.24. The van der Waals surface area contributed by atoms with Gasteiger partial charge in [-0.3, -0.25) is 14.3 Å². The lowest BCUT2D eigenvalue weighted by Gasteiger charge is -2.31. The number of hydrogen-bond donors (Lipinski definition) is 0. The molecule has 0 radical (unpaired) electrons. The van der Waals surface area contributed by atoms with Gasteiger partial charge in [-0.25, -0.2) is 0 Å². The fourth-order valence-corrected chi connectivity index (χ4v) is 6.42. The van der Waals surface area contributed by atoms with Crippen molar-refractivity contribution < 1.29 is 9.59 Å². The lowest BCUT2D eigenvalue weighted by atomic mass is 10.2. The normalized spacial score (nSPS) is 21.3. The average molecular weight is 397 g/mol. The highest BCUT2D eigenvalue weighted by atomic mass is 32.2. The molecule has 4 rings (SSSR count). The maximum absolute atomic E-state index is 13.1. The molecule has 0 N–H and O–H groups in total. The van der Waals surface area contributed by atoms with E-state index in [1.807, 2.05) is 41.4 Å². The van der Waals surface area contributed by atoms with Gasteiger partial charge in [0.2, 0.25) is 5.91 Å². The van der Waals surface area contributed by atoms with Crippen molar-refractivity contribution in [2.24, 2.45) is 7.05 Å². The maximum Gasteiger partial charge on any atom is 0.265 e. The molecule has 6 nitrogen and oxygen atoms in total. The second-order valence-electron chi connectivity index (χ2n) is 6.27. The molecule has 25 heavy (non-hydrogen) atoms. The molecule has 0 aliphatic carbocycles. The van der Waals surface area contributed by atoms with Gasteiger partial charge in [-0.1, -0.05) is 0 Å². The van der Waals surface area contributed by atoms with Gasteiger partial charge >= 0.3 is 0 Å². The summed E-state index contributed by atoms with van der Waals surface area (Å²) in [5.74, 6) is 3.33. The highest BCUT2D eigenvalue weighted by molar-refractivity contribution is 7.99. The first kappa shape index (κ1) is 17.2. The topological polar surface area (TPSA) is 58.4 Å². The second-order valence-corrected chi connectivity index (χ2v) is 9.52. The van der Waals surface area contributed by atoms with E-state index < -0.39 is 0 Å². The third kappa shape index (κ3) is 3.06. The molecule has 0 spiro atoms. The molecule has 0 aromatic carbocycles. The fraction of sp³-hybridized carbons (Fsp3) is 0.562. The zero-order valence-electron chi connectivity index (χ0n) is 14.2. The van der Waals surface area contributed by atoms with Gasteiger partial charge in [-0.2, -0.15) is 16.9 Å². The molecule has 2 saturated heterocycles. The number of thiophene rings is 1. The summed E-state index contributed by atoms with van der Waals surface area (Å²) in [5.41, 5.74) is 0.932. The summed E-state index contributed by atoms with van der Waals surface area (Å²) in [4.78, 5) is 31.3. The number of nitrogens with zero attached hydrogens (tertiary/aromatic N) is 4. The number of carbonyl (C=O) groups excluding carboxylic acids is 2. The number of thioether (sulfide) groups is 2. The molecule has 2 aromatic heterocycles. The summed E-state index contributed by atoms with van der Waals surface area (Å²) < 4.78 is 1.82. The van der Waals surface area contributed by atoms with E-state index in [9.17, 15) is 9.59 Å². The summed E-state index contributed by atoms with van der Waals surface area (Å²) in [6.45, 7) is 3.54. The van der Waals surface area contributed by atoms with Crippen LogP contribution in [0.1, 0.15) is 15.4 Å². The van der Waals surface area contributed by atoms with E-state index in [2.05, 4.69) is 5.10 Å². The molecule has 2 aromatic rings. The minimum Gasteiger partial charge on any atom is -0.339 e. The van der Waals surface area contributed by atoms with Gasteiger partial charge < -0.3 is 9.80 Å². The Labute approximate surface area is 158 Å². The van der Waals surface area contributed by atoms with E-state index in [1.165, 1.54) is 11.3 Å². The maximum atomic E-state index is 13.1. The molecule has 2 fully saturated rings. The molecule has 134 valence electrons. The number of amides is 2. The van der Waals surface area contributed by atoms with E-state index in [-0.39, 0.29) is 17.9 Å². The third-order valence-corrected chi connectivity index (χ3v) is 7.80. The third-order valence-electron chi connectivity index (χ3n) is 4.66. The van der Waals surface area contributed by atoms with Crippen molar-refractivity contribution in [3.8, 4) is 0 Å². The van der Waals surface area contributed by atoms with Gasteiger partial charge in [0, 0.05) is 42.8 Å². The minimum absolute atomic E-state index is 0.0321. The SMILES string of the molecule is Cc1nn(C)c2sc(C(=O)N3CSCC3C(=O)N3CCSCC3)cc12. The van der Waals surface area contributed by atoms with Crippen LogP contribution in [0.2, 0.25) is 0 Å². The van der Waals surface area contributed by atoms with Crippen molar-refractivity contribution in [1.82, 2.24) is 19.6 Å². The van der Waals surface area contributed by atoms with E-state index >= 15 is 0 Å². The second kappa shape index (κ2) is 6.85. The molecule has 0 saturated carbocycles. The molecule has 0 bridgehead atoms. The van der Waals surface area contributed by atoms with Crippen LogP contribution in [0.3, 0.4) is 0 Å². The summed E-state index contributed by atoms with van der Waals surface area (Å²) >= 11 is 5.00. The predicted molar refractivity (Wildman–Crippen MR) is 105 cm³/mol. The molecule has 2 aliphatic rings. The van der Waals surface area contributed by atoms with Crippen molar-refractivity contribution >= 4 is 56.9 Å². The van der Waals surface area contributed by atoms with Crippen molar-refractivity contribution in [2.45, 2.75) is 13.0 Å². The summed E-state index contributed by atoms with van der Waals surface area (Å²) in [7, 11) is 1.90. The predicted octanol–water partition coefficient (Wildman–Crippen LogP) is 2.03. The number of rotatable bonds is 2. The van der Waals surface area contributed by atoms with Crippen molar-refractivity contribution in [2.75, 3.05) is 36.2 Å². The molecule has 2 amide bonds. The van der Waals surface area contributed by atoms with Crippen molar-refractivity contribution in [3.05, 3.63) is 16.6 Å². The Morgan fingerprint density at radius 1 is 1.24 bits per heavy atom. The van der Waals surface area contributed by atoms with E-state index in [1.54, 1.807) is 16.7 Å². The number of fused-ring (bicyclic) bond motifs is 1. The average Bonchev–Trinajstić information content (AvgIpc) is 3.33. The Morgan fingerprint density at radius 3 is 2.72 bits per heavy atom. The van der Waals surface area contributed by atoms with Crippen LogP contribution in [0, 0.1) is 6.92 Å². The molecule has 1 unspecified atom stereocenters. The molecule has 9 heteroatoms. The minimum atomic E-state index is -0.329. The summed E-state index contributed by atoms with van der Waals surface area (Å²) in [5, 5.41) is 5.41. The van der Waals surface area contributed by atoms with Crippen molar-refractivity contribution in [3.63, 3.8) is 0 Å². The highest BCUT2D eigenvalue weighted by Gasteiger charge is 2.38. The highest BCUT2D eigenvalue weighted by Crippen LogP contribution is 2.31. The van der Waals surface area contributed by atoms with Crippen LogP contribution in [-0.2, 0) is 11.8 Å². The summed E-state index contributed by atoms with van der Waals surface area (Å²) in [6, 6.07) is 1.59. The Morgan fingerprint density at radius 2 is 2.00 bits per heavy atom. The fourth-order valence-electron chi connectivity index (χ4n) is 3.29. The van der Waals surface area contributed by atoms with Gasteiger partial charge in [-0.05, 0) is 13.0 Å². The van der Waals surface area contributed by atoms with Gasteiger partial charge in [0.05, 0.1) is 16.4 Å². The Balaban J connectivity index is 1.57. The van der Waals surface area contributed by atoms with E-state index in [0.29, 0.717) is 16.5 Å². The quantitative estimate of drug-likeness (QED) is 0.777. The monoisotopic (exact) mass is 396 g/mol. The molecule has 1 atom stereocenters. The van der Waals surface area contributed by atoms with Gasteiger partial charge in [0.25, 0.3) is 5.91 Å². The van der Waals surface area contributed by atoms with Crippen LogP contribution in [0.5, 0.6) is 0 Å². The van der Waals surface area contributed by atoms with Gasteiger partial charge in [0.15, 0.2) is 0 Å². The number of carbonyl (C=O) groups is 2. The van der Waals surface area contributed by atoms with Crippen LogP contribution < -0.4 is 0 Å². The Hall–Kier alpha value is -1.19. The van der Waals surface area contributed by atoms with Crippen LogP contribution in [-0.4, -0.2) is 73.7 Å². The lowest BCUT2D eigenvalue weighted by molar-refractivity contribution is -0.134. The molecular formula is C16H20N4O2S3. The van der Waals surface area contributed by atoms with Crippen LogP contribution in [0.15, 0.2) is 6.07 Å². The van der Waals surface area contributed by atoms with E-state index in [4.69, 9.17) is 0 Å². The standard InChI is InChI=1S/C16H20N4O2S3/c1-10-11-7-13(25-16(11)18(2)17-10)15(22)20-9-24-8-12(20)14(21)19-3-5-23-6-4-19/h7,12H,3-6,8-9H2,1-2H3. The lowest BCUT2D eigenvalue weighted by Crippen LogP contribution is -2.51. The first-order valence-corrected chi connectivity index (χ1v) is 11.4. The molecule has 4 heterocycles. The first-order chi connectivity index (χ1) is 12.1. The number of aryl methyl sites for hydroxylation is 2. The smallest absolute Gasteiger partial charge is 0.265 e. The zero-order valence-corrected chi connectivity index (χ0v) is 16.7. The Kier molecular flexibility index (Phi) is 4.72. The van der Waals surface area contributed by atoms with Crippen LogP contribution in [0.4, 0.5) is 0 Å². The molecular weight excluding hydrogens is 376 g/mol. The van der Waals surface area contributed by atoms with Gasteiger partial charge in [0.1, 0.15) is 10.9 Å². The number of hydrogen-bond acceptors (Lipinski definition) is 6. The number of aromatic nitrogens is 2. The van der Waals surface area contributed by atoms with E-state index in [0.717, 1.165) is 40.5 Å². The molecule has 2 aliphatic heterocycles. The van der Waals surface area contributed by atoms with Crippen molar-refractivity contribution in [1.29, 1.82) is 0 Å². The summed E-state index contributed by atoms with van der Waals surface area (Å²) in [6.07, 6.45) is 0. The Bertz CT molecular complexity index is 790.